The second-order valence-electron chi connectivity index (χ2n) is 9.40. The number of aromatic nitrogens is 2. The summed E-state index contributed by atoms with van der Waals surface area (Å²) in [5.41, 5.74) is 4.08. The minimum absolute atomic E-state index is 0.00316. The maximum Gasteiger partial charge on any atom is 0.255 e. The Kier molecular flexibility index (Phi) is 8.24. The number of ether oxygens (including phenoxy) is 2. The van der Waals surface area contributed by atoms with Gasteiger partial charge in [0.15, 0.2) is 11.4 Å². The van der Waals surface area contributed by atoms with E-state index in [2.05, 4.69) is 17.2 Å². The highest BCUT2D eigenvalue weighted by molar-refractivity contribution is 7.99. The van der Waals surface area contributed by atoms with Crippen molar-refractivity contribution in [1.82, 2.24) is 9.55 Å². The summed E-state index contributed by atoms with van der Waals surface area (Å²) in [5.74, 6) is 0.654. The number of aryl methyl sites for hydroxylation is 1. The summed E-state index contributed by atoms with van der Waals surface area (Å²) >= 11 is 1.66. The lowest BCUT2D eigenvalue weighted by Crippen LogP contribution is -2.38. The summed E-state index contributed by atoms with van der Waals surface area (Å²) in [4.78, 5) is 17.0. The third-order valence-electron chi connectivity index (χ3n) is 6.75. The molecule has 0 radical (unpaired) electrons. The molecule has 0 bridgehead atoms. The van der Waals surface area contributed by atoms with Crippen LogP contribution in [0.4, 0.5) is 5.69 Å². The van der Waals surface area contributed by atoms with Gasteiger partial charge in [-0.15, -0.1) is 0 Å². The Morgan fingerprint density at radius 2 is 1.71 bits per heavy atom. The van der Waals surface area contributed by atoms with Crippen LogP contribution >= 0.6 is 11.8 Å². The van der Waals surface area contributed by atoms with E-state index in [9.17, 15) is 9.90 Å². The maximum atomic E-state index is 12.5. The molecule has 4 atom stereocenters. The molecule has 3 aromatic carbocycles. The van der Waals surface area contributed by atoms with Gasteiger partial charge in [0, 0.05) is 47.9 Å². The van der Waals surface area contributed by atoms with Crippen LogP contribution in [-0.2, 0) is 23.1 Å². The number of rotatable bonds is 8. The number of hydrogen-bond acceptors (Lipinski definition) is 6. The lowest BCUT2D eigenvalue weighted by Gasteiger charge is -2.41. The van der Waals surface area contributed by atoms with Crippen LogP contribution in [0.2, 0.25) is 0 Å². The van der Waals surface area contributed by atoms with Crippen molar-refractivity contribution in [2.75, 3.05) is 11.1 Å². The second kappa shape index (κ2) is 12.0. The van der Waals surface area contributed by atoms with E-state index in [1.807, 2.05) is 84.5 Å². The number of imidazole rings is 1. The van der Waals surface area contributed by atoms with Crippen LogP contribution in [0.5, 0.6) is 0 Å². The number of nitrogens with zero attached hydrogens (tertiary/aromatic N) is 2. The number of thioether (sulfide) groups is 1. The van der Waals surface area contributed by atoms with Gasteiger partial charge in [-0.2, -0.15) is 0 Å². The maximum absolute atomic E-state index is 12.5. The fourth-order valence-corrected chi connectivity index (χ4v) is 5.57. The minimum Gasteiger partial charge on any atom is -0.392 e. The molecule has 0 saturated carbocycles. The first-order valence-electron chi connectivity index (χ1n) is 12.6. The number of amides is 1. The lowest BCUT2D eigenvalue weighted by atomic mass is 9.91. The SMILES string of the molecule is C[C@H]1[C@@H](CSc2nccn2C)O[C@@H](c2ccc(NC(=O)c3ccccc3)cc2)O[C@H]1c1ccc(CO)cc1. The highest BCUT2D eigenvalue weighted by Gasteiger charge is 2.38. The lowest BCUT2D eigenvalue weighted by molar-refractivity contribution is -0.268. The van der Waals surface area contributed by atoms with Gasteiger partial charge in [-0.25, -0.2) is 4.98 Å². The molecule has 0 aliphatic carbocycles. The minimum atomic E-state index is -0.570. The molecule has 5 rings (SSSR count). The van der Waals surface area contributed by atoms with E-state index in [0.717, 1.165) is 27.6 Å². The fraction of sp³-hybridized carbons (Fsp3) is 0.267. The van der Waals surface area contributed by atoms with Gasteiger partial charge in [-0.05, 0) is 35.4 Å². The Labute approximate surface area is 226 Å². The Bertz CT molecular complexity index is 1340. The van der Waals surface area contributed by atoms with Crippen molar-refractivity contribution in [3.05, 3.63) is 114 Å². The van der Waals surface area contributed by atoms with Crippen molar-refractivity contribution in [2.24, 2.45) is 13.0 Å². The summed E-state index contributed by atoms with van der Waals surface area (Å²) < 4.78 is 15.0. The molecule has 196 valence electrons. The van der Waals surface area contributed by atoms with E-state index in [1.54, 1.807) is 30.1 Å². The number of hydrogen-bond donors (Lipinski definition) is 2. The van der Waals surface area contributed by atoms with Gasteiger partial charge in [0.1, 0.15) is 0 Å². The largest absolute Gasteiger partial charge is 0.392 e. The van der Waals surface area contributed by atoms with Gasteiger partial charge in [0.05, 0.1) is 18.8 Å². The second-order valence-corrected chi connectivity index (χ2v) is 10.4. The summed E-state index contributed by atoms with van der Waals surface area (Å²) in [6.45, 7) is 2.15. The van der Waals surface area contributed by atoms with E-state index < -0.39 is 6.29 Å². The molecule has 1 fully saturated rings. The third kappa shape index (κ3) is 6.00. The summed E-state index contributed by atoms with van der Waals surface area (Å²) in [6.07, 6.45) is 2.88. The molecular weight excluding hydrogens is 498 g/mol. The van der Waals surface area contributed by atoms with E-state index in [1.165, 1.54) is 0 Å². The summed E-state index contributed by atoms with van der Waals surface area (Å²) in [5, 5.41) is 13.3. The molecule has 1 amide bonds. The quantitative estimate of drug-likeness (QED) is 0.283. The number of carbonyl (C=O) groups excluding carboxylic acids is 1. The van der Waals surface area contributed by atoms with Crippen LogP contribution < -0.4 is 5.32 Å². The first kappa shape index (κ1) is 26.2. The molecule has 2 N–H and O–H groups in total. The zero-order chi connectivity index (χ0) is 26.5. The molecule has 1 aromatic heterocycles. The molecule has 4 aromatic rings. The topological polar surface area (TPSA) is 85.6 Å². The van der Waals surface area contributed by atoms with Gasteiger partial charge >= 0.3 is 0 Å². The fourth-order valence-electron chi connectivity index (χ4n) is 4.47. The Morgan fingerprint density at radius 1 is 1.00 bits per heavy atom. The van der Waals surface area contributed by atoms with Gasteiger partial charge < -0.3 is 24.5 Å². The van der Waals surface area contributed by atoms with Crippen molar-refractivity contribution in [2.45, 2.75) is 37.2 Å². The smallest absolute Gasteiger partial charge is 0.255 e. The van der Waals surface area contributed by atoms with Crippen molar-refractivity contribution in [3.8, 4) is 0 Å². The highest BCUT2D eigenvalue weighted by atomic mass is 32.2. The zero-order valence-corrected chi connectivity index (χ0v) is 22.2. The average Bonchev–Trinajstić information content (AvgIpc) is 3.38. The van der Waals surface area contributed by atoms with Gasteiger partial charge in [0.25, 0.3) is 5.91 Å². The molecule has 8 heteroatoms. The van der Waals surface area contributed by atoms with E-state index in [-0.39, 0.29) is 30.6 Å². The van der Waals surface area contributed by atoms with E-state index in [0.29, 0.717) is 11.3 Å². The van der Waals surface area contributed by atoms with Gasteiger partial charge in [-0.1, -0.05) is 73.3 Å². The van der Waals surface area contributed by atoms with Crippen molar-refractivity contribution in [3.63, 3.8) is 0 Å². The zero-order valence-electron chi connectivity index (χ0n) is 21.4. The van der Waals surface area contributed by atoms with Gasteiger partial charge in [0.2, 0.25) is 0 Å². The monoisotopic (exact) mass is 529 g/mol. The highest BCUT2D eigenvalue weighted by Crippen LogP contribution is 2.43. The predicted octanol–water partition coefficient (Wildman–Crippen LogP) is 5.75. The molecular formula is C30H31N3O4S. The van der Waals surface area contributed by atoms with Gasteiger partial charge in [-0.3, -0.25) is 4.79 Å². The first-order valence-corrected chi connectivity index (χ1v) is 13.6. The number of benzene rings is 3. The third-order valence-corrected chi connectivity index (χ3v) is 7.90. The first-order chi connectivity index (χ1) is 18.5. The van der Waals surface area contributed by atoms with Crippen LogP contribution in [0.1, 0.15) is 46.4 Å². The molecule has 1 aliphatic heterocycles. The predicted molar refractivity (Wildman–Crippen MR) is 148 cm³/mol. The van der Waals surface area contributed by atoms with Crippen molar-refractivity contribution in [1.29, 1.82) is 0 Å². The summed E-state index contributed by atoms with van der Waals surface area (Å²) in [6, 6.07) is 24.6. The number of anilines is 1. The Balaban J connectivity index is 1.34. The summed E-state index contributed by atoms with van der Waals surface area (Å²) in [7, 11) is 1.98. The average molecular weight is 530 g/mol. The Morgan fingerprint density at radius 3 is 2.37 bits per heavy atom. The van der Waals surface area contributed by atoms with E-state index in [4.69, 9.17) is 9.47 Å². The molecule has 1 saturated heterocycles. The molecule has 2 heterocycles. The standard InChI is InChI=1S/C30H31N3O4S/c1-20-26(19-38-30-31-16-17-33(30)2)36-29(37-27(20)22-10-8-21(18-34)9-11-22)24-12-14-25(15-13-24)32-28(35)23-6-4-3-5-7-23/h3-17,20,26-27,29,34H,18-19H2,1-2H3,(H,32,35)/t20-,26+,27+,29+/m0/s1. The van der Waals surface area contributed by atoms with Crippen molar-refractivity contribution < 1.29 is 19.4 Å². The number of carbonyl (C=O) groups is 1. The number of aliphatic hydroxyl groups is 1. The normalized spacial score (nSPS) is 21.2. The van der Waals surface area contributed by atoms with Crippen LogP contribution in [0.15, 0.2) is 96.4 Å². The molecule has 7 nitrogen and oxygen atoms in total. The van der Waals surface area contributed by atoms with E-state index >= 15 is 0 Å². The number of aliphatic hydroxyl groups excluding tert-OH is 1. The molecule has 0 spiro atoms. The molecule has 38 heavy (non-hydrogen) atoms. The van der Waals surface area contributed by atoms with Crippen molar-refractivity contribution >= 4 is 23.4 Å². The Hall–Kier alpha value is -3.43. The number of nitrogens with one attached hydrogen (secondary N) is 1. The van der Waals surface area contributed by atoms with Crippen LogP contribution in [-0.4, -0.2) is 32.4 Å². The molecule has 0 unspecified atom stereocenters. The van der Waals surface area contributed by atoms with Crippen LogP contribution in [0.25, 0.3) is 0 Å². The van der Waals surface area contributed by atoms with Crippen LogP contribution in [0.3, 0.4) is 0 Å². The van der Waals surface area contributed by atoms with Crippen LogP contribution in [0, 0.1) is 5.92 Å². The molecule has 1 aliphatic rings.